The molecule has 0 spiro atoms. The summed E-state index contributed by atoms with van der Waals surface area (Å²) in [6.45, 7) is 4.22. The average molecular weight is 260 g/mol. The molecule has 0 saturated carbocycles. The highest BCUT2D eigenvalue weighted by molar-refractivity contribution is 5.90. The second kappa shape index (κ2) is 7.29. The Morgan fingerprint density at radius 1 is 1.37 bits per heavy atom. The van der Waals surface area contributed by atoms with Gasteiger partial charge in [0.05, 0.1) is 0 Å². The average Bonchev–Trinajstić information content (AvgIpc) is 2.90. The highest BCUT2D eigenvalue weighted by Gasteiger charge is 2.17. The molecule has 0 radical (unpaired) electrons. The summed E-state index contributed by atoms with van der Waals surface area (Å²) >= 11 is 0. The van der Waals surface area contributed by atoms with Crippen LogP contribution in [0.25, 0.3) is 0 Å². The van der Waals surface area contributed by atoms with Gasteiger partial charge in [-0.25, -0.2) is 0 Å². The zero-order valence-electron chi connectivity index (χ0n) is 11.7. The number of anilines is 1. The lowest BCUT2D eigenvalue weighted by Gasteiger charge is -2.09. The van der Waals surface area contributed by atoms with Gasteiger partial charge in [0.25, 0.3) is 0 Å². The van der Waals surface area contributed by atoms with Gasteiger partial charge in [0.1, 0.15) is 0 Å². The fourth-order valence-electron chi connectivity index (χ4n) is 2.50. The number of carbonyl (C=O) groups is 1. The first kappa shape index (κ1) is 14.1. The maximum atomic E-state index is 11.9. The second-order valence-corrected chi connectivity index (χ2v) is 5.41. The summed E-state index contributed by atoms with van der Waals surface area (Å²) in [7, 11) is 0. The minimum atomic E-state index is 0.134. The van der Waals surface area contributed by atoms with Crippen molar-refractivity contribution in [3.63, 3.8) is 0 Å². The second-order valence-electron chi connectivity index (χ2n) is 5.41. The molecule has 1 aliphatic rings. The molecular weight excluding hydrogens is 236 g/mol. The maximum absolute atomic E-state index is 11.9. The molecule has 1 saturated heterocycles. The lowest BCUT2D eigenvalue weighted by molar-refractivity contribution is -0.116. The molecule has 19 heavy (non-hydrogen) atoms. The van der Waals surface area contributed by atoms with Crippen LogP contribution in [-0.4, -0.2) is 19.0 Å². The normalized spacial score (nSPS) is 18.5. The van der Waals surface area contributed by atoms with E-state index in [1.165, 1.54) is 18.4 Å². The van der Waals surface area contributed by atoms with Crippen LogP contribution in [0.2, 0.25) is 0 Å². The smallest absolute Gasteiger partial charge is 0.224 e. The zero-order chi connectivity index (χ0) is 13.5. The number of hydrogen-bond acceptors (Lipinski definition) is 2. The van der Waals surface area contributed by atoms with Crippen molar-refractivity contribution in [2.45, 2.75) is 39.0 Å². The van der Waals surface area contributed by atoms with Crippen molar-refractivity contribution in [2.75, 3.05) is 18.4 Å². The molecule has 1 amide bonds. The topological polar surface area (TPSA) is 41.1 Å². The first-order valence-corrected chi connectivity index (χ1v) is 7.37. The predicted molar refractivity (Wildman–Crippen MR) is 79.3 cm³/mol. The van der Waals surface area contributed by atoms with Crippen LogP contribution >= 0.6 is 0 Å². The highest BCUT2D eigenvalue weighted by atomic mass is 16.1. The fourth-order valence-corrected chi connectivity index (χ4v) is 2.50. The molecule has 1 atom stereocenters. The van der Waals surface area contributed by atoms with Gasteiger partial charge in [0.15, 0.2) is 0 Å². The van der Waals surface area contributed by atoms with Crippen molar-refractivity contribution in [2.24, 2.45) is 5.92 Å². The molecule has 1 aromatic rings. The minimum Gasteiger partial charge on any atom is -0.326 e. The summed E-state index contributed by atoms with van der Waals surface area (Å²) < 4.78 is 0. The minimum absolute atomic E-state index is 0.134. The van der Waals surface area contributed by atoms with Crippen LogP contribution in [0.1, 0.15) is 38.2 Å². The van der Waals surface area contributed by atoms with Gasteiger partial charge in [-0.2, -0.15) is 0 Å². The van der Waals surface area contributed by atoms with Crippen LogP contribution in [-0.2, 0) is 11.2 Å². The largest absolute Gasteiger partial charge is 0.326 e. The summed E-state index contributed by atoms with van der Waals surface area (Å²) in [5, 5.41) is 6.27. The van der Waals surface area contributed by atoms with Crippen LogP contribution in [0, 0.1) is 5.92 Å². The molecule has 0 aliphatic carbocycles. The molecule has 1 aromatic carbocycles. The van der Waals surface area contributed by atoms with Gasteiger partial charge < -0.3 is 10.6 Å². The van der Waals surface area contributed by atoms with Crippen molar-refractivity contribution >= 4 is 11.6 Å². The van der Waals surface area contributed by atoms with Crippen molar-refractivity contribution in [1.29, 1.82) is 0 Å². The number of unbranched alkanes of at least 4 members (excludes halogenated alkanes) is 1. The van der Waals surface area contributed by atoms with Crippen LogP contribution in [0.15, 0.2) is 24.3 Å². The zero-order valence-corrected chi connectivity index (χ0v) is 11.7. The van der Waals surface area contributed by atoms with Crippen LogP contribution in [0.5, 0.6) is 0 Å². The molecule has 2 N–H and O–H groups in total. The van der Waals surface area contributed by atoms with Crippen molar-refractivity contribution < 1.29 is 4.79 Å². The van der Waals surface area contributed by atoms with Gasteiger partial charge in [-0.1, -0.05) is 25.5 Å². The molecule has 1 fully saturated rings. The third-order valence-electron chi connectivity index (χ3n) is 3.69. The molecule has 1 heterocycles. The predicted octanol–water partition coefficient (Wildman–Crippen LogP) is 2.97. The number of carbonyl (C=O) groups excluding carboxylic acids is 1. The number of hydrogen-bond donors (Lipinski definition) is 2. The molecule has 104 valence electrons. The van der Waals surface area contributed by atoms with E-state index in [-0.39, 0.29) is 5.91 Å². The van der Waals surface area contributed by atoms with Gasteiger partial charge in [-0.3, -0.25) is 4.79 Å². The van der Waals surface area contributed by atoms with E-state index in [2.05, 4.69) is 29.7 Å². The molecule has 0 bridgehead atoms. The Morgan fingerprint density at radius 3 is 2.79 bits per heavy atom. The first-order chi connectivity index (χ1) is 9.28. The molecule has 3 heteroatoms. The molecule has 3 nitrogen and oxygen atoms in total. The molecule has 0 aromatic heterocycles. The van der Waals surface area contributed by atoms with Crippen molar-refractivity contribution in [3.8, 4) is 0 Å². The Hall–Kier alpha value is -1.35. The van der Waals surface area contributed by atoms with E-state index >= 15 is 0 Å². The number of benzene rings is 1. The number of amides is 1. The lowest BCUT2D eigenvalue weighted by Crippen LogP contribution is -2.18. The van der Waals surface area contributed by atoms with E-state index in [9.17, 15) is 4.79 Å². The molecule has 2 rings (SSSR count). The van der Waals surface area contributed by atoms with Gasteiger partial charge in [-0.05, 0) is 56.0 Å². The number of aryl methyl sites for hydroxylation is 1. The van der Waals surface area contributed by atoms with Gasteiger partial charge in [0.2, 0.25) is 5.91 Å². The lowest BCUT2D eigenvalue weighted by atomic mass is 10.0. The van der Waals surface area contributed by atoms with Crippen molar-refractivity contribution in [3.05, 3.63) is 29.8 Å². The molecule has 1 aliphatic heterocycles. The summed E-state index contributed by atoms with van der Waals surface area (Å²) in [6.07, 6.45) is 5.31. The Balaban J connectivity index is 1.79. The van der Waals surface area contributed by atoms with E-state index in [0.29, 0.717) is 12.3 Å². The summed E-state index contributed by atoms with van der Waals surface area (Å²) in [6, 6.07) is 8.25. The Morgan fingerprint density at radius 2 is 2.16 bits per heavy atom. The quantitative estimate of drug-likeness (QED) is 0.825. The third-order valence-corrected chi connectivity index (χ3v) is 3.69. The standard InChI is InChI=1S/C16H24N2O/c1-2-3-4-13-5-7-15(8-6-13)18-16(19)11-14-9-10-17-12-14/h5-8,14,17H,2-4,9-12H2,1H3,(H,18,19). The van der Waals surface area contributed by atoms with E-state index in [0.717, 1.165) is 31.6 Å². The highest BCUT2D eigenvalue weighted by Crippen LogP contribution is 2.15. The maximum Gasteiger partial charge on any atom is 0.224 e. The van der Waals surface area contributed by atoms with Crippen LogP contribution < -0.4 is 10.6 Å². The van der Waals surface area contributed by atoms with E-state index < -0.39 is 0 Å². The summed E-state index contributed by atoms with van der Waals surface area (Å²) in [4.78, 5) is 11.9. The Bertz CT molecular complexity index is 394. The van der Waals surface area contributed by atoms with E-state index in [1.54, 1.807) is 0 Å². The summed E-state index contributed by atoms with van der Waals surface area (Å²) in [5.41, 5.74) is 2.26. The van der Waals surface area contributed by atoms with Crippen LogP contribution in [0.3, 0.4) is 0 Å². The molecular formula is C16H24N2O. The monoisotopic (exact) mass is 260 g/mol. The Kier molecular flexibility index (Phi) is 5.40. The number of nitrogens with one attached hydrogen (secondary N) is 2. The van der Waals surface area contributed by atoms with Crippen molar-refractivity contribution in [1.82, 2.24) is 5.32 Å². The van der Waals surface area contributed by atoms with Gasteiger partial charge in [0, 0.05) is 12.1 Å². The SMILES string of the molecule is CCCCc1ccc(NC(=O)CC2CCNC2)cc1. The Labute approximate surface area is 115 Å². The molecule has 1 unspecified atom stereocenters. The third kappa shape index (κ3) is 4.67. The number of rotatable bonds is 6. The van der Waals surface area contributed by atoms with E-state index in [1.807, 2.05) is 12.1 Å². The summed E-state index contributed by atoms with van der Waals surface area (Å²) in [5.74, 6) is 0.638. The van der Waals surface area contributed by atoms with Gasteiger partial charge >= 0.3 is 0 Å². The van der Waals surface area contributed by atoms with Gasteiger partial charge in [-0.15, -0.1) is 0 Å². The van der Waals surface area contributed by atoms with Crippen LogP contribution in [0.4, 0.5) is 5.69 Å². The fraction of sp³-hybridized carbons (Fsp3) is 0.562. The first-order valence-electron chi connectivity index (χ1n) is 7.37. The van der Waals surface area contributed by atoms with E-state index in [4.69, 9.17) is 0 Å².